The Morgan fingerprint density at radius 1 is 1.50 bits per heavy atom. The molecule has 0 aromatic carbocycles. The summed E-state index contributed by atoms with van der Waals surface area (Å²) in [5.41, 5.74) is 6.00. The highest BCUT2D eigenvalue weighted by molar-refractivity contribution is 6.28. The van der Waals surface area contributed by atoms with E-state index < -0.39 is 0 Å². The fourth-order valence-corrected chi connectivity index (χ4v) is 2.26. The molecule has 1 aliphatic rings. The molecule has 0 amide bonds. The number of ether oxygens (including phenoxy) is 1. The van der Waals surface area contributed by atoms with Gasteiger partial charge in [-0.25, -0.2) is 0 Å². The van der Waals surface area contributed by atoms with Crippen molar-refractivity contribution in [3.63, 3.8) is 0 Å². The van der Waals surface area contributed by atoms with Crippen LogP contribution < -0.4 is 5.73 Å². The van der Waals surface area contributed by atoms with Gasteiger partial charge < -0.3 is 14.9 Å². The molecule has 1 aromatic heterocycles. The molecule has 16 heavy (non-hydrogen) atoms. The van der Waals surface area contributed by atoms with E-state index in [1.54, 1.807) is 6.07 Å². The average Bonchev–Trinajstić information content (AvgIpc) is 2.89. The molecular formula is C12H18ClNO2. The zero-order valence-electron chi connectivity index (χ0n) is 9.32. The Morgan fingerprint density at radius 2 is 2.38 bits per heavy atom. The van der Waals surface area contributed by atoms with Crippen molar-refractivity contribution in [3.05, 3.63) is 23.1 Å². The molecule has 2 unspecified atom stereocenters. The summed E-state index contributed by atoms with van der Waals surface area (Å²) < 4.78 is 10.8. The Morgan fingerprint density at radius 3 is 3.00 bits per heavy atom. The first-order chi connectivity index (χ1) is 7.75. The Labute approximate surface area is 101 Å². The molecule has 2 heterocycles. The molecule has 0 bridgehead atoms. The third-order valence-corrected chi connectivity index (χ3v) is 3.23. The lowest BCUT2D eigenvalue weighted by atomic mass is 10.0. The van der Waals surface area contributed by atoms with E-state index in [1.807, 2.05) is 6.07 Å². The molecule has 1 aromatic rings. The summed E-state index contributed by atoms with van der Waals surface area (Å²) >= 11 is 5.70. The molecule has 4 heteroatoms. The number of furan rings is 1. The van der Waals surface area contributed by atoms with Crippen LogP contribution in [0.2, 0.25) is 5.22 Å². The normalized spacial score (nSPS) is 22.5. The summed E-state index contributed by atoms with van der Waals surface area (Å²) in [6.45, 7) is 0.921. The fourth-order valence-electron chi connectivity index (χ4n) is 2.11. The zero-order chi connectivity index (χ0) is 11.4. The van der Waals surface area contributed by atoms with Crippen molar-refractivity contribution >= 4 is 11.6 Å². The van der Waals surface area contributed by atoms with Crippen LogP contribution in [0.4, 0.5) is 0 Å². The first kappa shape index (κ1) is 12.0. The molecule has 0 radical (unpaired) electrons. The van der Waals surface area contributed by atoms with Gasteiger partial charge in [-0.3, -0.25) is 0 Å². The summed E-state index contributed by atoms with van der Waals surface area (Å²) in [6, 6.07) is 3.53. The standard InChI is InChI=1S/C12H18ClNO2/c13-12-7-6-11(16-12)10(14)5-1-3-9-4-2-8-15-9/h6-7,9-10H,1-5,8,14H2. The monoisotopic (exact) mass is 243 g/mol. The lowest BCUT2D eigenvalue weighted by Crippen LogP contribution is -2.11. The van der Waals surface area contributed by atoms with Gasteiger partial charge >= 0.3 is 0 Å². The molecule has 0 saturated carbocycles. The lowest BCUT2D eigenvalue weighted by Gasteiger charge is -2.11. The molecular weight excluding hydrogens is 226 g/mol. The van der Waals surface area contributed by atoms with Crippen LogP contribution in [-0.2, 0) is 4.74 Å². The summed E-state index contributed by atoms with van der Waals surface area (Å²) in [6.07, 6.45) is 5.94. The van der Waals surface area contributed by atoms with Crippen LogP contribution in [0.1, 0.15) is 43.9 Å². The second-order valence-electron chi connectivity index (χ2n) is 4.31. The Hall–Kier alpha value is -0.510. The molecule has 2 N–H and O–H groups in total. The lowest BCUT2D eigenvalue weighted by molar-refractivity contribution is 0.101. The number of halogens is 1. The highest BCUT2D eigenvalue weighted by Gasteiger charge is 2.16. The molecule has 2 atom stereocenters. The molecule has 1 saturated heterocycles. The minimum Gasteiger partial charge on any atom is -0.448 e. The van der Waals surface area contributed by atoms with Gasteiger partial charge in [-0.1, -0.05) is 0 Å². The predicted molar refractivity (Wildman–Crippen MR) is 63.5 cm³/mol. The second-order valence-corrected chi connectivity index (χ2v) is 4.69. The Balaban J connectivity index is 1.69. The third kappa shape index (κ3) is 3.24. The third-order valence-electron chi connectivity index (χ3n) is 3.02. The van der Waals surface area contributed by atoms with E-state index in [2.05, 4.69) is 0 Å². The highest BCUT2D eigenvalue weighted by atomic mass is 35.5. The van der Waals surface area contributed by atoms with E-state index in [4.69, 9.17) is 26.5 Å². The molecule has 90 valence electrons. The maximum atomic E-state index is 6.00. The van der Waals surface area contributed by atoms with E-state index in [0.717, 1.165) is 31.6 Å². The van der Waals surface area contributed by atoms with Gasteiger partial charge in [0, 0.05) is 6.61 Å². The topological polar surface area (TPSA) is 48.4 Å². The minimum absolute atomic E-state index is 0.0473. The van der Waals surface area contributed by atoms with Gasteiger partial charge in [0.15, 0.2) is 5.22 Å². The van der Waals surface area contributed by atoms with Crippen LogP contribution in [0.3, 0.4) is 0 Å². The summed E-state index contributed by atoms with van der Waals surface area (Å²) in [5, 5.41) is 0.407. The van der Waals surface area contributed by atoms with Crippen LogP contribution in [0, 0.1) is 0 Å². The van der Waals surface area contributed by atoms with Gasteiger partial charge in [0.2, 0.25) is 0 Å². The van der Waals surface area contributed by atoms with Crippen molar-refractivity contribution in [2.24, 2.45) is 5.73 Å². The van der Waals surface area contributed by atoms with Crippen LogP contribution in [0.15, 0.2) is 16.5 Å². The molecule has 0 spiro atoms. The van der Waals surface area contributed by atoms with Crippen molar-refractivity contribution in [1.29, 1.82) is 0 Å². The van der Waals surface area contributed by atoms with Crippen LogP contribution in [0.5, 0.6) is 0 Å². The molecule has 0 aliphatic carbocycles. The number of rotatable bonds is 5. The van der Waals surface area contributed by atoms with Crippen LogP contribution in [-0.4, -0.2) is 12.7 Å². The van der Waals surface area contributed by atoms with Crippen molar-refractivity contribution < 1.29 is 9.15 Å². The zero-order valence-corrected chi connectivity index (χ0v) is 10.1. The number of hydrogen-bond donors (Lipinski definition) is 1. The van der Waals surface area contributed by atoms with Gasteiger partial charge in [-0.15, -0.1) is 0 Å². The highest BCUT2D eigenvalue weighted by Crippen LogP contribution is 2.24. The summed E-state index contributed by atoms with van der Waals surface area (Å²) in [4.78, 5) is 0. The Kier molecular flexibility index (Phi) is 4.27. The average molecular weight is 244 g/mol. The van der Waals surface area contributed by atoms with Gasteiger partial charge in [0.1, 0.15) is 5.76 Å². The predicted octanol–water partition coefficient (Wildman–Crippen LogP) is 3.28. The van der Waals surface area contributed by atoms with Crippen molar-refractivity contribution in [2.75, 3.05) is 6.61 Å². The van der Waals surface area contributed by atoms with Gasteiger partial charge in [-0.2, -0.15) is 0 Å². The SMILES string of the molecule is NC(CCCC1CCCO1)c1ccc(Cl)o1. The first-order valence-electron chi connectivity index (χ1n) is 5.88. The van der Waals surface area contributed by atoms with Crippen LogP contribution >= 0.6 is 11.6 Å². The maximum Gasteiger partial charge on any atom is 0.193 e. The van der Waals surface area contributed by atoms with Crippen molar-refractivity contribution in [1.82, 2.24) is 0 Å². The molecule has 1 fully saturated rings. The number of hydrogen-bond acceptors (Lipinski definition) is 3. The van der Waals surface area contributed by atoms with E-state index in [-0.39, 0.29) is 6.04 Å². The van der Waals surface area contributed by atoms with Crippen molar-refractivity contribution in [3.8, 4) is 0 Å². The second kappa shape index (κ2) is 5.71. The summed E-state index contributed by atoms with van der Waals surface area (Å²) in [7, 11) is 0. The van der Waals surface area contributed by atoms with Gasteiger partial charge in [0.25, 0.3) is 0 Å². The van der Waals surface area contributed by atoms with E-state index in [1.165, 1.54) is 12.8 Å². The minimum atomic E-state index is -0.0473. The smallest absolute Gasteiger partial charge is 0.193 e. The van der Waals surface area contributed by atoms with Gasteiger partial charge in [-0.05, 0) is 55.8 Å². The van der Waals surface area contributed by atoms with E-state index in [0.29, 0.717) is 11.3 Å². The first-order valence-corrected chi connectivity index (χ1v) is 6.26. The number of nitrogens with two attached hydrogens (primary N) is 1. The Bertz CT molecular complexity index is 321. The molecule has 3 nitrogen and oxygen atoms in total. The largest absolute Gasteiger partial charge is 0.448 e. The summed E-state index contributed by atoms with van der Waals surface area (Å²) in [5.74, 6) is 0.775. The van der Waals surface area contributed by atoms with E-state index >= 15 is 0 Å². The quantitative estimate of drug-likeness (QED) is 0.863. The fraction of sp³-hybridized carbons (Fsp3) is 0.667. The van der Waals surface area contributed by atoms with Crippen LogP contribution in [0.25, 0.3) is 0 Å². The maximum absolute atomic E-state index is 6.00. The van der Waals surface area contributed by atoms with E-state index in [9.17, 15) is 0 Å². The molecule has 1 aliphatic heterocycles. The van der Waals surface area contributed by atoms with Crippen molar-refractivity contribution in [2.45, 2.75) is 44.2 Å². The van der Waals surface area contributed by atoms with Gasteiger partial charge in [0.05, 0.1) is 12.1 Å². The molecule has 2 rings (SSSR count).